The van der Waals surface area contributed by atoms with Crippen LogP contribution in [0.1, 0.15) is 51.9 Å². The van der Waals surface area contributed by atoms with Gasteiger partial charge in [0, 0.05) is 5.54 Å². The smallest absolute Gasteiger partial charge is 0.0181 e. The van der Waals surface area contributed by atoms with Crippen LogP contribution in [-0.4, -0.2) is 12.1 Å². The van der Waals surface area contributed by atoms with Crippen molar-refractivity contribution >= 4 is 0 Å². The molecule has 1 aliphatic heterocycles. The highest BCUT2D eigenvalue weighted by Crippen LogP contribution is 2.39. The van der Waals surface area contributed by atoms with Crippen LogP contribution < -0.4 is 5.32 Å². The number of nitrogens with one attached hydrogen (secondary N) is 1. The van der Waals surface area contributed by atoms with E-state index in [1.54, 1.807) is 0 Å². The van der Waals surface area contributed by atoms with Crippen LogP contribution in [0.25, 0.3) is 0 Å². The third-order valence-electron chi connectivity index (χ3n) is 3.91. The first-order valence-corrected chi connectivity index (χ1v) is 5.56. The van der Waals surface area contributed by atoms with Crippen molar-refractivity contribution in [3.05, 3.63) is 0 Å². The van der Waals surface area contributed by atoms with Crippen molar-refractivity contribution in [1.82, 2.24) is 5.32 Å². The SMILES string of the molecule is CC1(C2CCC2)CCCCCN1. The Morgan fingerprint density at radius 3 is 2.58 bits per heavy atom. The maximum atomic E-state index is 3.76. The van der Waals surface area contributed by atoms with Crippen LogP contribution in [0.5, 0.6) is 0 Å². The summed E-state index contributed by atoms with van der Waals surface area (Å²) in [5.74, 6) is 0.996. The van der Waals surface area contributed by atoms with Gasteiger partial charge in [0.2, 0.25) is 0 Å². The maximum absolute atomic E-state index is 3.76. The van der Waals surface area contributed by atoms with Crippen LogP contribution in [-0.2, 0) is 0 Å². The van der Waals surface area contributed by atoms with Gasteiger partial charge < -0.3 is 5.32 Å². The summed E-state index contributed by atoms with van der Waals surface area (Å²) in [5.41, 5.74) is 0.509. The predicted octanol–water partition coefficient (Wildman–Crippen LogP) is 2.71. The Balaban J connectivity index is 1.95. The molecule has 0 aromatic rings. The van der Waals surface area contributed by atoms with Gasteiger partial charge >= 0.3 is 0 Å². The lowest BCUT2D eigenvalue weighted by molar-refractivity contribution is 0.138. The molecule has 1 atom stereocenters. The van der Waals surface area contributed by atoms with Crippen LogP contribution in [0.4, 0.5) is 0 Å². The minimum Gasteiger partial charge on any atom is -0.311 e. The first-order valence-electron chi connectivity index (χ1n) is 5.56. The van der Waals surface area contributed by atoms with Crippen molar-refractivity contribution < 1.29 is 0 Å². The molecule has 1 saturated carbocycles. The zero-order valence-corrected chi connectivity index (χ0v) is 8.23. The molecule has 0 aromatic carbocycles. The molecule has 0 amide bonds. The third-order valence-corrected chi connectivity index (χ3v) is 3.91. The van der Waals surface area contributed by atoms with Crippen molar-refractivity contribution in [2.24, 2.45) is 5.92 Å². The monoisotopic (exact) mass is 167 g/mol. The molecular formula is C11H21N. The molecule has 2 rings (SSSR count). The average molecular weight is 167 g/mol. The highest BCUT2D eigenvalue weighted by molar-refractivity contribution is 4.95. The van der Waals surface area contributed by atoms with E-state index in [-0.39, 0.29) is 0 Å². The summed E-state index contributed by atoms with van der Waals surface area (Å²) in [6.45, 7) is 3.70. The largest absolute Gasteiger partial charge is 0.311 e. The van der Waals surface area contributed by atoms with Crippen LogP contribution in [0.3, 0.4) is 0 Å². The number of rotatable bonds is 1. The fourth-order valence-corrected chi connectivity index (χ4v) is 2.65. The maximum Gasteiger partial charge on any atom is 0.0181 e. The summed E-state index contributed by atoms with van der Waals surface area (Å²) in [5, 5.41) is 3.76. The van der Waals surface area contributed by atoms with Crippen LogP contribution in [0.15, 0.2) is 0 Å². The molecule has 2 aliphatic rings. The van der Waals surface area contributed by atoms with Crippen molar-refractivity contribution in [3.8, 4) is 0 Å². The molecule has 1 heterocycles. The lowest BCUT2D eigenvalue weighted by Crippen LogP contribution is -2.50. The van der Waals surface area contributed by atoms with Gasteiger partial charge in [0.05, 0.1) is 0 Å². The van der Waals surface area contributed by atoms with E-state index in [9.17, 15) is 0 Å². The molecule has 0 bridgehead atoms. The number of hydrogen-bond acceptors (Lipinski definition) is 1. The van der Waals surface area contributed by atoms with Crippen molar-refractivity contribution in [3.63, 3.8) is 0 Å². The first-order chi connectivity index (χ1) is 5.81. The Kier molecular flexibility index (Phi) is 2.40. The van der Waals surface area contributed by atoms with Crippen LogP contribution in [0.2, 0.25) is 0 Å². The van der Waals surface area contributed by atoms with Gasteiger partial charge in [-0.05, 0) is 45.1 Å². The molecule has 1 nitrogen and oxygen atoms in total. The van der Waals surface area contributed by atoms with Crippen molar-refractivity contribution in [2.45, 2.75) is 57.4 Å². The Morgan fingerprint density at radius 2 is 1.92 bits per heavy atom. The summed E-state index contributed by atoms with van der Waals surface area (Å²) in [6.07, 6.45) is 10.1. The van der Waals surface area contributed by atoms with Crippen LogP contribution >= 0.6 is 0 Å². The van der Waals surface area contributed by atoms with Gasteiger partial charge in [0.15, 0.2) is 0 Å². The molecular weight excluding hydrogens is 146 g/mol. The zero-order valence-electron chi connectivity index (χ0n) is 8.23. The predicted molar refractivity (Wildman–Crippen MR) is 52.2 cm³/mol. The molecule has 1 N–H and O–H groups in total. The molecule has 70 valence electrons. The second-order valence-electron chi connectivity index (χ2n) is 4.78. The van der Waals surface area contributed by atoms with Gasteiger partial charge in [-0.2, -0.15) is 0 Å². The van der Waals surface area contributed by atoms with E-state index in [0.29, 0.717) is 5.54 Å². The van der Waals surface area contributed by atoms with Crippen LogP contribution in [0, 0.1) is 5.92 Å². The molecule has 1 unspecified atom stereocenters. The third kappa shape index (κ3) is 1.52. The van der Waals surface area contributed by atoms with E-state index in [1.807, 2.05) is 0 Å². The van der Waals surface area contributed by atoms with Gasteiger partial charge in [-0.25, -0.2) is 0 Å². The van der Waals surface area contributed by atoms with E-state index in [1.165, 1.54) is 51.5 Å². The Bertz CT molecular complexity index is 141. The molecule has 1 aliphatic carbocycles. The lowest BCUT2D eigenvalue weighted by Gasteiger charge is -2.43. The number of hydrogen-bond donors (Lipinski definition) is 1. The molecule has 1 saturated heterocycles. The van der Waals surface area contributed by atoms with E-state index in [2.05, 4.69) is 12.2 Å². The summed E-state index contributed by atoms with van der Waals surface area (Å²) in [4.78, 5) is 0. The average Bonchev–Trinajstić information content (AvgIpc) is 2.10. The Labute approximate surface area is 75.9 Å². The van der Waals surface area contributed by atoms with Gasteiger partial charge in [-0.1, -0.05) is 19.3 Å². The first kappa shape index (κ1) is 8.55. The van der Waals surface area contributed by atoms with Gasteiger partial charge in [0.1, 0.15) is 0 Å². The standard InChI is InChI=1S/C11H21N/c1-11(10-6-5-7-10)8-3-2-4-9-12-11/h10,12H,2-9H2,1H3. The molecule has 1 heteroatoms. The fraction of sp³-hybridized carbons (Fsp3) is 1.00. The van der Waals surface area contributed by atoms with Gasteiger partial charge in [-0.15, -0.1) is 0 Å². The highest BCUT2D eigenvalue weighted by Gasteiger charge is 2.37. The minimum atomic E-state index is 0.509. The Morgan fingerprint density at radius 1 is 1.08 bits per heavy atom. The normalized spacial score (nSPS) is 38.8. The van der Waals surface area contributed by atoms with E-state index in [4.69, 9.17) is 0 Å². The van der Waals surface area contributed by atoms with Gasteiger partial charge in [0.25, 0.3) is 0 Å². The molecule has 2 fully saturated rings. The topological polar surface area (TPSA) is 12.0 Å². The minimum absolute atomic E-state index is 0.509. The molecule has 0 radical (unpaired) electrons. The van der Waals surface area contributed by atoms with E-state index in [0.717, 1.165) is 5.92 Å². The van der Waals surface area contributed by atoms with Crippen molar-refractivity contribution in [1.29, 1.82) is 0 Å². The second kappa shape index (κ2) is 3.37. The van der Waals surface area contributed by atoms with E-state index >= 15 is 0 Å². The van der Waals surface area contributed by atoms with Gasteiger partial charge in [-0.3, -0.25) is 0 Å². The molecule has 0 spiro atoms. The van der Waals surface area contributed by atoms with Crippen molar-refractivity contribution in [2.75, 3.05) is 6.54 Å². The highest BCUT2D eigenvalue weighted by atomic mass is 15.0. The molecule has 0 aromatic heterocycles. The Hall–Kier alpha value is -0.0400. The quantitative estimate of drug-likeness (QED) is 0.633. The fourth-order valence-electron chi connectivity index (χ4n) is 2.65. The summed E-state index contributed by atoms with van der Waals surface area (Å²) in [6, 6.07) is 0. The summed E-state index contributed by atoms with van der Waals surface area (Å²) in [7, 11) is 0. The molecule has 12 heavy (non-hydrogen) atoms. The van der Waals surface area contributed by atoms with E-state index < -0.39 is 0 Å². The summed E-state index contributed by atoms with van der Waals surface area (Å²) >= 11 is 0. The lowest BCUT2D eigenvalue weighted by atomic mass is 9.70. The zero-order chi connectivity index (χ0) is 8.44. The second-order valence-corrected chi connectivity index (χ2v) is 4.78. The summed E-state index contributed by atoms with van der Waals surface area (Å²) < 4.78 is 0.